The molecule has 2 aromatic carbocycles. The summed E-state index contributed by atoms with van der Waals surface area (Å²) < 4.78 is 17.2. The summed E-state index contributed by atoms with van der Waals surface area (Å²) in [4.78, 5) is 24.2. The summed E-state index contributed by atoms with van der Waals surface area (Å²) in [6, 6.07) is 16.5. The first-order valence-electron chi connectivity index (χ1n) is 9.28. The summed E-state index contributed by atoms with van der Waals surface area (Å²) in [7, 11) is 1.61. The molecule has 0 saturated heterocycles. The normalized spacial score (nSPS) is 12.2. The van der Waals surface area contributed by atoms with E-state index in [1.165, 1.54) is 11.3 Å². The second-order valence-corrected chi connectivity index (χ2v) is 7.59. The number of carbonyl (C=O) groups excluding carboxylic acids is 1. The fourth-order valence-corrected chi connectivity index (χ4v) is 4.24. The van der Waals surface area contributed by atoms with Crippen LogP contribution in [0.4, 0.5) is 5.13 Å². The van der Waals surface area contributed by atoms with Crippen LogP contribution in [-0.4, -0.2) is 29.8 Å². The lowest BCUT2D eigenvalue weighted by Gasteiger charge is -2.19. The van der Waals surface area contributed by atoms with E-state index in [0.717, 1.165) is 15.9 Å². The van der Waals surface area contributed by atoms with Gasteiger partial charge < -0.3 is 14.2 Å². The number of fused-ring (bicyclic) bond motifs is 2. The highest BCUT2D eigenvalue weighted by atomic mass is 32.1. The number of anilines is 1. The Kier molecular flexibility index (Phi) is 4.68. The number of hydrogen-bond donors (Lipinski definition) is 0. The van der Waals surface area contributed by atoms with E-state index in [0.29, 0.717) is 27.9 Å². The van der Waals surface area contributed by atoms with Gasteiger partial charge in [0.2, 0.25) is 6.79 Å². The van der Waals surface area contributed by atoms with Crippen LogP contribution in [0.5, 0.6) is 17.2 Å². The van der Waals surface area contributed by atoms with Crippen molar-refractivity contribution >= 4 is 32.6 Å². The Bertz CT molecular complexity index is 1230. The minimum absolute atomic E-state index is 0.155. The van der Waals surface area contributed by atoms with E-state index in [9.17, 15) is 4.79 Å². The molecule has 8 heteroatoms. The average molecular weight is 419 g/mol. The molecule has 0 saturated carbocycles. The van der Waals surface area contributed by atoms with Crippen LogP contribution >= 0.6 is 11.3 Å². The molecule has 150 valence electrons. The number of aromatic nitrogens is 2. The van der Waals surface area contributed by atoms with E-state index in [-0.39, 0.29) is 19.2 Å². The van der Waals surface area contributed by atoms with Crippen molar-refractivity contribution in [3.8, 4) is 17.2 Å². The first-order chi connectivity index (χ1) is 14.7. The van der Waals surface area contributed by atoms with Crippen LogP contribution in [0, 0.1) is 0 Å². The van der Waals surface area contributed by atoms with Crippen LogP contribution in [0.15, 0.2) is 60.8 Å². The summed E-state index contributed by atoms with van der Waals surface area (Å²) in [6.45, 7) is 0.443. The number of benzene rings is 2. The first-order valence-corrected chi connectivity index (χ1v) is 10.1. The van der Waals surface area contributed by atoms with Crippen molar-refractivity contribution in [2.24, 2.45) is 0 Å². The minimum Gasteiger partial charge on any atom is -0.494 e. The van der Waals surface area contributed by atoms with Crippen molar-refractivity contribution in [1.29, 1.82) is 0 Å². The minimum atomic E-state index is -0.197. The van der Waals surface area contributed by atoms with Gasteiger partial charge >= 0.3 is 0 Å². The van der Waals surface area contributed by atoms with E-state index >= 15 is 0 Å². The number of para-hydroxylation sites is 1. The van der Waals surface area contributed by atoms with E-state index in [1.807, 2.05) is 36.4 Å². The van der Waals surface area contributed by atoms with E-state index in [4.69, 9.17) is 19.2 Å². The van der Waals surface area contributed by atoms with Gasteiger partial charge in [0.1, 0.15) is 11.3 Å². The predicted octanol–water partition coefficient (Wildman–Crippen LogP) is 4.28. The molecule has 0 bridgehead atoms. The maximum absolute atomic E-state index is 13.5. The summed E-state index contributed by atoms with van der Waals surface area (Å²) in [5, 5.41) is 0.572. The number of thiazole rings is 1. The molecule has 1 aliphatic heterocycles. The Morgan fingerprint density at radius 2 is 2.03 bits per heavy atom. The maximum Gasteiger partial charge on any atom is 0.260 e. The highest BCUT2D eigenvalue weighted by Gasteiger charge is 2.25. The van der Waals surface area contributed by atoms with E-state index in [2.05, 4.69) is 4.98 Å². The standard InChI is InChI=1S/C22H17N3O4S/c1-27-17-6-4-7-19-20(17)24-22(30-19)25(12-15-5-2-3-10-23-15)21(26)14-8-9-16-18(11-14)29-13-28-16/h2-11H,12-13H2,1H3. The van der Waals surface area contributed by atoms with Gasteiger partial charge in [0.25, 0.3) is 5.91 Å². The molecule has 0 atom stereocenters. The third kappa shape index (κ3) is 3.31. The average Bonchev–Trinajstić information content (AvgIpc) is 3.43. The molecule has 1 aliphatic rings. The van der Waals surface area contributed by atoms with Crippen molar-refractivity contribution in [3.63, 3.8) is 0 Å². The monoisotopic (exact) mass is 419 g/mol. The number of amides is 1. The molecule has 0 aliphatic carbocycles. The molecule has 5 rings (SSSR count). The van der Waals surface area contributed by atoms with Gasteiger partial charge in [-0.25, -0.2) is 4.98 Å². The van der Waals surface area contributed by atoms with Crippen LogP contribution in [0.25, 0.3) is 10.2 Å². The Hall–Kier alpha value is -3.65. The lowest BCUT2D eigenvalue weighted by atomic mass is 10.1. The summed E-state index contributed by atoms with van der Waals surface area (Å²) in [5.74, 6) is 1.66. The molecule has 0 unspecified atom stereocenters. The zero-order chi connectivity index (χ0) is 20.5. The topological polar surface area (TPSA) is 73.8 Å². The lowest BCUT2D eigenvalue weighted by Crippen LogP contribution is -2.30. The number of nitrogens with zero attached hydrogens (tertiary/aromatic N) is 3. The van der Waals surface area contributed by atoms with Crippen LogP contribution < -0.4 is 19.1 Å². The zero-order valence-electron chi connectivity index (χ0n) is 16.1. The largest absolute Gasteiger partial charge is 0.494 e. The quantitative estimate of drug-likeness (QED) is 0.481. The molecule has 0 radical (unpaired) electrons. The van der Waals surface area contributed by atoms with Crippen molar-refractivity contribution in [1.82, 2.24) is 9.97 Å². The molecule has 3 heterocycles. The molecule has 7 nitrogen and oxygen atoms in total. The Labute approximate surface area is 176 Å². The number of hydrogen-bond acceptors (Lipinski definition) is 7. The summed E-state index contributed by atoms with van der Waals surface area (Å²) in [6.07, 6.45) is 1.71. The Morgan fingerprint density at radius 1 is 1.13 bits per heavy atom. The van der Waals surface area contributed by atoms with Crippen LogP contribution in [0.2, 0.25) is 0 Å². The number of pyridine rings is 1. The van der Waals surface area contributed by atoms with Crippen LogP contribution in [0.1, 0.15) is 16.1 Å². The van der Waals surface area contributed by atoms with Crippen molar-refractivity contribution in [3.05, 3.63) is 72.1 Å². The lowest BCUT2D eigenvalue weighted by molar-refractivity contribution is 0.0984. The molecule has 4 aromatic rings. The number of ether oxygens (including phenoxy) is 3. The van der Waals surface area contributed by atoms with Gasteiger partial charge in [-0.1, -0.05) is 23.5 Å². The summed E-state index contributed by atoms with van der Waals surface area (Å²) in [5.41, 5.74) is 1.98. The van der Waals surface area contributed by atoms with Crippen molar-refractivity contribution in [2.45, 2.75) is 6.54 Å². The summed E-state index contributed by atoms with van der Waals surface area (Å²) >= 11 is 1.43. The predicted molar refractivity (Wildman–Crippen MR) is 113 cm³/mol. The fraction of sp³-hybridized carbons (Fsp3) is 0.136. The zero-order valence-corrected chi connectivity index (χ0v) is 16.9. The maximum atomic E-state index is 13.5. The van der Waals surface area contributed by atoms with Gasteiger partial charge in [0.15, 0.2) is 16.6 Å². The van der Waals surface area contributed by atoms with Gasteiger partial charge in [0, 0.05) is 11.8 Å². The SMILES string of the molecule is COc1cccc2sc(N(Cc3ccccn3)C(=O)c3ccc4c(c3)OCO4)nc12. The van der Waals surface area contributed by atoms with Crippen molar-refractivity contribution < 1.29 is 19.0 Å². The number of rotatable bonds is 5. The van der Waals surface area contributed by atoms with Crippen molar-refractivity contribution in [2.75, 3.05) is 18.8 Å². The van der Waals surface area contributed by atoms with E-state index < -0.39 is 0 Å². The number of methoxy groups -OCH3 is 1. The molecule has 0 N–H and O–H groups in total. The highest BCUT2D eigenvalue weighted by Crippen LogP contribution is 2.37. The van der Waals surface area contributed by atoms with Crippen LogP contribution in [0.3, 0.4) is 0 Å². The smallest absolute Gasteiger partial charge is 0.260 e. The van der Waals surface area contributed by atoms with Gasteiger partial charge in [0.05, 0.1) is 24.0 Å². The third-order valence-corrected chi connectivity index (χ3v) is 5.78. The molecule has 0 fully saturated rings. The van der Waals surface area contributed by atoms with Crippen LogP contribution in [-0.2, 0) is 6.54 Å². The van der Waals surface area contributed by atoms with Gasteiger partial charge in [-0.15, -0.1) is 0 Å². The molecular weight excluding hydrogens is 402 g/mol. The molecular formula is C22H17N3O4S. The first kappa shape index (κ1) is 18.4. The molecule has 2 aromatic heterocycles. The second kappa shape index (κ2) is 7.64. The fourth-order valence-electron chi connectivity index (χ4n) is 3.26. The van der Waals surface area contributed by atoms with Gasteiger partial charge in [-0.05, 0) is 42.5 Å². The second-order valence-electron chi connectivity index (χ2n) is 6.58. The Balaban J connectivity index is 1.57. The number of carbonyl (C=O) groups is 1. The van der Waals surface area contributed by atoms with Gasteiger partial charge in [-0.3, -0.25) is 14.7 Å². The Morgan fingerprint density at radius 3 is 2.87 bits per heavy atom. The molecule has 0 spiro atoms. The van der Waals surface area contributed by atoms with E-state index in [1.54, 1.807) is 36.4 Å². The molecule has 1 amide bonds. The van der Waals surface area contributed by atoms with Gasteiger partial charge in [-0.2, -0.15) is 0 Å². The molecule has 30 heavy (non-hydrogen) atoms. The highest BCUT2D eigenvalue weighted by molar-refractivity contribution is 7.22. The third-order valence-electron chi connectivity index (χ3n) is 4.73.